The zero-order chi connectivity index (χ0) is 19.6. The van der Waals surface area contributed by atoms with E-state index in [0.29, 0.717) is 22.0 Å². The number of benzene rings is 2. The first-order valence-corrected chi connectivity index (χ1v) is 8.47. The number of carbonyl (C=O) groups excluding carboxylic acids is 1. The predicted molar refractivity (Wildman–Crippen MR) is 99.3 cm³/mol. The third-order valence-corrected chi connectivity index (χ3v) is 4.38. The fourth-order valence-corrected chi connectivity index (χ4v) is 2.56. The molecule has 0 aliphatic heterocycles. The maximum atomic E-state index is 13.4. The van der Waals surface area contributed by atoms with E-state index in [9.17, 15) is 9.18 Å². The normalized spacial score (nSPS) is 11.9. The first kappa shape index (κ1) is 18.8. The van der Waals surface area contributed by atoms with Crippen molar-refractivity contribution in [2.45, 2.75) is 19.9 Å². The number of nitrogens with zero attached hydrogens (tertiary/aromatic N) is 4. The summed E-state index contributed by atoms with van der Waals surface area (Å²) >= 11 is 6.08. The Morgan fingerprint density at radius 3 is 2.81 bits per heavy atom. The number of tetrazole rings is 1. The Hall–Kier alpha value is -3.00. The number of aryl methyl sites for hydroxylation is 1. The molecule has 3 aromatic rings. The van der Waals surface area contributed by atoms with E-state index in [2.05, 4.69) is 20.7 Å². The quantitative estimate of drug-likeness (QED) is 0.720. The maximum absolute atomic E-state index is 13.4. The first-order chi connectivity index (χ1) is 12.9. The van der Waals surface area contributed by atoms with Crippen molar-refractivity contribution in [3.05, 3.63) is 52.8 Å². The number of methoxy groups -OCH3 is 1. The summed E-state index contributed by atoms with van der Waals surface area (Å²) in [6.07, 6.45) is 0. The van der Waals surface area contributed by atoms with Crippen molar-refractivity contribution in [3.63, 3.8) is 0 Å². The van der Waals surface area contributed by atoms with E-state index in [1.54, 1.807) is 31.2 Å². The number of halogens is 2. The second kappa shape index (κ2) is 7.71. The van der Waals surface area contributed by atoms with Gasteiger partial charge < -0.3 is 10.1 Å². The third kappa shape index (κ3) is 4.06. The lowest BCUT2D eigenvalue weighted by molar-refractivity contribution is -0.119. The summed E-state index contributed by atoms with van der Waals surface area (Å²) in [7, 11) is 1.49. The molecule has 0 fully saturated rings. The number of aromatic nitrogens is 4. The topological polar surface area (TPSA) is 81.9 Å². The van der Waals surface area contributed by atoms with Crippen LogP contribution in [0.3, 0.4) is 0 Å². The molecule has 27 heavy (non-hydrogen) atoms. The van der Waals surface area contributed by atoms with Gasteiger partial charge in [0.15, 0.2) is 0 Å². The summed E-state index contributed by atoms with van der Waals surface area (Å²) in [5, 5.41) is 15.3. The van der Waals surface area contributed by atoms with Crippen LogP contribution in [0.5, 0.6) is 5.75 Å². The van der Waals surface area contributed by atoms with Gasteiger partial charge in [0.25, 0.3) is 5.91 Å². The largest absolute Gasteiger partial charge is 0.495 e. The standard InChI is InChI=1S/C18H17ClFN5O2/c1-10-7-15(16(27-3)9-14(10)19)21-18(26)11(2)25-23-17(22-24-25)12-5-4-6-13(20)8-12/h4-9,11H,1-3H3,(H,21,26). The Kier molecular flexibility index (Phi) is 5.36. The molecule has 0 radical (unpaired) electrons. The van der Waals surface area contributed by atoms with Crippen molar-refractivity contribution >= 4 is 23.2 Å². The van der Waals surface area contributed by atoms with Crippen molar-refractivity contribution in [3.8, 4) is 17.1 Å². The minimum atomic E-state index is -0.750. The number of anilines is 1. The lowest BCUT2D eigenvalue weighted by Crippen LogP contribution is -2.25. The molecular formula is C18H17ClFN5O2. The zero-order valence-corrected chi connectivity index (χ0v) is 15.7. The highest BCUT2D eigenvalue weighted by Crippen LogP contribution is 2.31. The number of hydrogen-bond acceptors (Lipinski definition) is 5. The molecule has 1 atom stereocenters. The molecule has 0 saturated heterocycles. The molecule has 1 heterocycles. The highest BCUT2D eigenvalue weighted by molar-refractivity contribution is 6.31. The van der Waals surface area contributed by atoms with E-state index in [1.807, 2.05) is 6.92 Å². The molecule has 0 bridgehead atoms. The van der Waals surface area contributed by atoms with Crippen LogP contribution in [-0.4, -0.2) is 33.2 Å². The molecule has 7 nitrogen and oxygen atoms in total. The molecule has 9 heteroatoms. The van der Waals surface area contributed by atoms with Crippen LogP contribution in [0, 0.1) is 12.7 Å². The molecule has 0 spiro atoms. The summed E-state index contributed by atoms with van der Waals surface area (Å²) in [6.45, 7) is 3.45. The molecule has 1 N–H and O–H groups in total. The molecular weight excluding hydrogens is 373 g/mol. The van der Waals surface area contributed by atoms with Crippen LogP contribution < -0.4 is 10.1 Å². The van der Waals surface area contributed by atoms with Crippen LogP contribution in [0.15, 0.2) is 36.4 Å². The Bertz CT molecular complexity index is 992. The number of amides is 1. The van der Waals surface area contributed by atoms with Gasteiger partial charge in [0.1, 0.15) is 17.6 Å². The Balaban J connectivity index is 1.80. The fourth-order valence-electron chi connectivity index (χ4n) is 2.40. The minimum absolute atomic E-state index is 0.231. The molecule has 1 unspecified atom stereocenters. The van der Waals surface area contributed by atoms with Crippen LogP contribution >= 0.6 is 11.6 Å². The van der Waals surface area contributed by atoms with Gasteiger partial charge in [-0.3, -0.25) is 4.79 Å². The van der Waals surface area contributed by atoms with Crippen LogP contribution in [0.2, 0.25) is 5.02 Å². The highest BCUT2D eigenvalue weighted by Gasteiger charge is 2.20. The fraction of sp³-hybridized carbons (Fsp3) is 0.222. The van der Waals surface area contributed by atoms with E-state index < -0.39 is 11.9 Å². The van der Waals surface area contributed by atoms with Crippen LogP contribution in [-0.2, 0) is 4.79 Å². The van der Waals surface area contributed by atoms with Crippen molar-refractivity contribution in [1.82, 2.24) is 20.2 Å². The second-order valence-corrected chi connectivity index (χ2v) is 6.32. The van der Waals surface area contributed by atoms with Crippen LogP contribution in [0.1, 0.15) is 18.5 Å². The van der Waals surface area contributed by atoms with Crippen LogP contribution in [0.25, 0.3) is 11.4 Å². The molecule has 0 aliphatic rings. The van der Waals surface area contributed by atoms with Crippen molar-refractivity contribution < 1.29 is 13.9 Å². The summed E-state index contributed by atoms with van der Waals surface area (Å²) in [5.74, 6) is -0.0923. The zero-order valence-electron chi connectivity index (χ0n) is 14.9. The number of nitrogens with one attached hydrogen (secondary N) is 1. The molecule has 1 aromatic heterocycles. The van der Waals surface area contributed by atoms with Gasteiger partial charge in [-0.2, -0.15) is 4.80 Å². The van der Waals surface area contributed by atoms with Crippen molar-refractivity contribution in [2.24, 2.45) is 0 Å². The van der Waals surface area contributed by atoms with Gasteiger partial charge in [-0.25, -0.2) is 4.39 Å². The monoisotopic (exact) mass is 389 g/mol. The molecule has 3 rings (SSSR count). The number of carbonyl (C=O) groups is 1. The first-order valence-electron chi connectivity index (χ1n) is 8.09. The smallest absolute Gasteiger partial charge is 0.250 e. The molecule has 0 saturated carbocycles. The Morgan fingerprint density at radius 2 is 2.11 bits per heavy atom. The van der Waals surface area contributed by atoms with Gasteiger partial charge in [0.05, 0.1) is 12.8 Å². The average Bonchev–Trinajstić information content (AvgIpc) is 3.14. The number of rotatable bonds is 5. The van der Waals surface area contributed by atoms with E-state index >= 15 is 0 Å². The second-order valence-electron chi connectivity index (χ2n) is 5.91. The third-order valence-electron chi connectivity index (χ3n) is 3.98. The summed E-state index contributed by atoms with van der Waals surface area (Å²) in [5.41, 5.74) is 1.76. The molecule has 0 aliphatic carbocycles. The summed E-state index contributed by atoms with van der Waals surface area (Å²) < 4.78 is 18.6. The molecule has 2 aromatic carbocycles. The van der Waals surface area contributed by atoms with E-state index in [4.69, 9.17) is 16.3 Å². The lowest BCUT2D eigenvalue weighted by atomic mass is 10.2. The van der Waals surface area contributed by atoms with Gasteiger partial charge in [-0.05, 0) is 42.8 Å². The van der Waals surface area contributed by atoms with Crippen molar-refractivity contribution in [2.75, 3.05) is 12.4 Å². The van der Waals surface area contributed by atoms with E-state index in [-0.39, 0.29) is 11.7 Å². The minimum Gasteiger partial charge on any atom is -0.495 e. The summed E-state index contributed by atoms with van der Waals surface area (Å²) in [6, 6.07) is 8.44. The molecule has 1 amide bonds. The van der Waals surface area contributed by atoms with Gasteiger partial charge in [0, 0.05) is 16.7 Å². The SMILES string of the molecule is COc1cc(Cl)c(C)cc1NC(=O)C(C)n1nnc(-c2cccc(F)c2)n1. The number of ether oxygens (including phenoxy) is 1. The van der Waals surface area contributed by atoms with Gasteiger partial charge in [0.2, 0.25) is 5.82 Å². The highest BCUT2D eigenvalue weighted by atomic mass is 35.5. The van der Waals surface area contributed by atoms with Crippen LogP contribution in [0.4, 0.5) is 10.1 Å². The van der Waals surface area contributed by atoms with E-state index in [1.165, 1.54) is 24.0 Å². The van der Waals surface area contributed by atoms with Gasteiger partial charge >= 0.3 is 0 Å². The Labute approximate surface area is 160 Å². The van der Waals surface area contributed by atoms with Gasteiger partial charge in [-0.1, -0.05) is 23.7 Å². The van der Waals surface area contributed by atoms with Crippen molar-refractivity contribution in [1.29, 1.82) is 0 Å². The predicted octanol–water partition coefficient (Wildman–Crippen LogP) is 3.65. The van der Waals surface area contributed by atoms with E-state index in [0.717, 1.165) is 5.56 Å². The lowest BCUT2D eigenvalue weighted by Gasteiger charge is -2.14. The summed E-state index contributed by atoms with van der Waals surface area (Å²) in [4.78, 5) is 13.8. The average molecular weight is 390 g/mol. The maximum Gasteiger partial charge on any atom is 0.250 e. The number of hydrogen-bond donors (Lipinski definition) is 1. The Morgan fingerprint density at radius 1 is 1.33 bits per heavy atom. The van der Waals surface area contributed by atoms with Gasteiger partial charge in [-0.15, -0.1) is 10.2 Å². The molecule has 140 valence electrons.